The van der Waals surface area contributed by atoms with Crippen LogP contribution in [0.4, 0.5) is 5.69 Å². The molecule has 0 saturated heterocycles. The van der Waals surface area contributed by atoms with Crippen molar-refractivity contribution in [1.82, 2.24) is 10.2 Å². The van der Waals surface area contributed by atoms with Gasteiger partial charge in [-0.1, -0.05) is 76.7 Å². The molecular formula is C28H29Cl4N3O4S. The number of anilines is 1. The van der Waals surface area contributed by atoms with Crippen LogP contribution in [-0.2, 0) is 26.2 Å². The average molecular weight is 645 g/mol. The minimum atomic E-state index is -4.28. The summed E-state index contributed by atoms with van der Waals surface area (Å²) in [5, 5.41) is 3.63. The molecule has 0 spiro atoms. The SMILES string of the molecule is C[C@H](C(=O)NC(C)(C)C)N(Cc1ccc(Cl)cc1Cl)C(=O)CN(c1cccc(Cl)c1Cl)S(=O)(=O)c1ccccc1. The highest BCUT2D eigenvalue weighted by atomic mass is 35.5. The van der Waals surface area contributed by atoms with E-state index < -0.39 is 40.0 Å². The number of carbonyl (C=O) groups excluding carboxylic acids is 2. The van der Waals surface area contributed by atoms with E-state index in [1.165, 1.54) is 41.3 Å². The van der Waals surface area contributed by atoms with Crippen molar-refractivity contribution in [2.75, 3.05) is 10.8 Å². The van der Waals surface area contributed by atoms with Crippen molar-refractivity contribution < 1.29 is 18.0 Å². The molecule has 0 aliphatic carbocycles. The van der Waals surface area contributed by atoms with E-state index in [1.807, 2.05) is 20.8 Å². The van der Waals surface area contributed by atoms with Crippen molar-refractivity contribution in [3.63, 3.8) is 0 Å². The largest absolute Gasteiger partial charge is 0.350 e. The maximum Gasteiger partial charge on any atom is 0.264 e. The lowest BCUT2D eigenvalue weighted by atomic mass is 10.1. The Kier molecular flexibility index (Phi) is 10.4. The standard InChI is InChI=1S/C28H29Cl4N3O4S/c1-18(27(37)33-28(2,3)4)34(16-19-13-14-20(29)15-23(19)31)25(36)17-35(24-12-8-11-22(30)26(24)32)40(38,39)21-9-6-5-7-10-21/h5-15,18H,16-17H2,1-4H3,(H,33,37)/t18-/m1/s1. The molecule has 0 fully saturated rings. The van der Waals surface area contributed by atoms with Gasteiger partial charge >= 0.3 is 0 Å². The Bertz CT molecular complexity index is 1500. The van der Waals surface area contributed by atoms with Crippen LogP contribution in [0.1, 0.15) is 33.3 Å². The zero-order chi connectivity index (χ0) is 29.8. The molecule has 0 heterocycles. The molecule has 0 radical (unpaired) electrons. The topological polar surface area (TPSA) is 86.8 Å². The number of nitrogens with one attached hydrogen (secondary N) is 1. The van der Waals surface area contributed by atoms with Crippen LogP contribution in [0.25, 0.3) is 0 Å². The maximum absolute atomic E-state index is 14.0. The molecule has 1 N–H and O–H groups in total. The van der Waals surface area contributed by atoms with Gasteiger partial charge in [0.05, 0.1) is 20.6 Å². The van der Waals surface area contributed by atoms with E-state index in [4.69, 9.17) is 46.4 Å². The molecule has 0 aliphatic rings. The first-order valence-corrected chi connectivity index (χ1v) is 15.1. The van der Waals surface area contributed by atoms with Gasteiger partial charge in [-0.2, -0.15) is 0 Å². The van der Waals surface area contributed by atoms with E-state index in [2.05, 4.69) is 5.32 Å². The summed E-state index contributed by atoms with van der Waals surface area (Å²) >= 11 is 25.1. The maximum atomic E-state index is 14.0. The van der Waals surface area contributed by atoms with Crippen molar-refractivity contribution in [3.05, 3.63) is 92.4 Å². The second-order valence-corrected chi connectivity index (χ2v) is 13.6. The summed E-state index contributed by atoms with van der Waals surface area (Å²) in [6.45, 7) is 6.25. The predicted molar refractivity (Wildman–Crippen MR) is 162 cm³/mol. The predicted octanol–water partition coefficient (Wildman–Crippen LogP) is 6.83. The summed E-state index contributed by atoms with van der Waals surface area (Å²) in [7, 11) is -4.28. The van der Waals surface area contributed by atoms with Crippen LogP contribution in [0.5, 0.6) is 0 Å². The second-order valence-electron chi connectivity index (χ2n) is 10.1. The lowest BCUT2D eigenvalue weighted by molar-refractivity contribution is -0.140. The van der Waals surface area contributed by atoms with Crippen molar-refractivity contribution in [1.29, 1.82) is 0 Å². The van der Waals surface area contributed by atoms with Crippen LogP contribution in [0.3, 0.4) is 0 Å². The summed E-state index contributed by atoms with van der Waals surface area (Å²) in [6.07, 6.45) is 0. The van der Waals surface area contributed by atoms with Crippen molar-refractivity contribution in [3.8, 4) is 0 Å². The molecule has 7 nitrogen and oxygen atoms in total. The summed E-state index contributed by atoms with van der Waals surface area (Å²) in [5.74, 6) is -1.10. The molecule has 3 rings (SSSR count). The third-order valence-corrected chi connectivity index (χ3v) is 9.00. The van der Waals surface area contributed by atoms with Crippen LogP contribution in [0.15, 0.2) is 71.6 Å². The number of nitrogens with zero attached hydrogens (tertiary/aromatic N) is 2. The normalized spacial score (nSPS) is 12.5. The van der Waals surface area contributed by atoms with Gasteiger partial charge in [0.15, 0.2) is 0 Å². The molecule has 0 unspecified atom stereocenters. The lowest BCUT2D eigenvalue weighted by Gasteiger charge is -2.34. The monoisotopic (exact) mass is 643 g/mol. The molecule has 2 amide bonds. The molecule has 40 heavy (non-hydrogen) atoms. The first kappa shape index (κ1) is 32.0. The Morgan fingerprint density at radius 1 is 0.900 bits per heavy atom. The van der Waals surface area contributed by atoms with Gasteiger partial charge in [0.2, 0.25) is 11.8 Å². The zero-order valence-corrected chi connectivity index (χ0v) is 26.1. The Morgan fingerprint density at radius 3 is 2.15 bits per heavy atom. The van der Waals surface area contributed by atoms with Gasteiger partial charge in [0, 0.05) is 22.1 Å². The molecular weight excluding hydrogens is 616 g/mol. The average Bonchev–Trinajstić information content (AvgIpc) is 2.87. The van der Waals surface area contributed by atoms with Crippen LogP contribution in [0, 0.1) is 0 Å². The molecule has 214 valence electrons. The van der Waals surface area contributed by atoms with Crippen LogP contribution in [-0.4, -0.2) is 43.3 Å². The lowest BCUT2D eigenvalue weighted by Crippen LogP contribution is -2.54. The number of hydrogen-bond donors (Lipinski definition) is 1. The van der Waals surface area contributed by atoms with Gasteiger partial charge in [-0.15, -0.1) is 0 Å². The minimum Gasteiger partial charge on any atom is -0.350 e. The highest BCUT2D eigenvalue weighted by Crippen LogP contribution is 2.35. The third-order valence-electron chi connectivity index (χ3n) is 5.83. The van der Waals surface area contributed by atoms with Crippen molar-refractivity contribution >= 4 is 73.9 Å². The number of rotatable bonds is 9. The highest BCUT2D eigenvalue weighted by Gasteiger charge is 2.34. The fourth-order valence-electron chi connectivity index (χ4n) is 3.81. The van der Waals surface area contributed by atoms with Gasteiger partial charge in [-0.3, -0.25) is 13.9 Å². The van der Waals surface area contributed by atoms with Gasteiger partial charge < -0.3 is 10.2 Å². The van der Waals surface area contributed by atoms with Gasteiger partial charge in [0.25, 0.3) is 10.0 Å². The third kappa shape index (κ3) is 7.83. The van der Waals surface area contributed by atoms with Gasteiger partial charge in [-0.05, 0) is 69.7 Å². The molecule has 0 aliphatic heterocycles. The Balaban J connectivity index is 2.09. The molecule has 3 aromatic carbocycles. The molecule has 0 saturated carbocycles. The summed E-state index contributed by atoms with van der Waals surface area (Å²) < 4.78 is 28.6. The number of hydrogen-bond acceptors (Lipinski definition) is 4. The molecule has 1 atom stereocenters. The summed E-state index contributed by atoms with van der Waals surface area (Å²) in [6, 6.07) is 15.9. The molecule has 0 aromatic heterocycles. The quantitative estimate of drug-likeness (QED) is 0.277. The zero-order valence-electron chi connectivity index (χ0n) is 22.3. The smallest absolute Gasteiger partial charge is 0.264 e. The molecule has 12 heteroatoms. The van der Waals surface area contributed by atoms with Gasteiger partial charge in [-0.25, -0.2) is 8.42 Å². The summed E-state index contributed by atoms with van der Waals surface area (Å²) in [4.78, 5) is 28.4. The van der Waals surface area contributed by atoms with Crippen molar-refractivity contribution in [2.24, 2.45) is 0 Å². The van der Waals surface area contributed by atoms with Crippen LogP contribution >= 0.6 is 46.4 Å². The van der Waals surface area contributed by atoms with E-state index in [0.29, 0.717) is 15.6 Å². The van der Waals surface area contributed by atoms with E-state index in [1.54, 1.807) is 37.3 Å². The fraction of sp³-hybridized carbons (Fsp3) is 0.286. The number of sulfonamides is 1. The summed E-state index contributed by atoms with van der Waals surface area (Å²) in [5.41, 5.74) is -0.0367. The van der Waals surface area contributed by atoms with E-state index in [9.17, 15) is 18.0 Å². The number of carbonyl (C=O) groups is 2. The number of halogens is 4. The number of benzene rings is 3. The fourth-order valence-corrected chi connectivity index (χ4v) is 6.17. The minimum absolute atomic E-state index is 0.0163. The van der Waals surface area contributed by atoms with E-state index in [-0.39, 0.29) is 27.2 Å². The van der Waals surface area contributed by atoms with E-state index in [0.717, 1.165) is 4.31 Å². The molecule has 0 bridgehead atoms. The second kappa shape index (κ2) is 13.0. The Hall–Kier alpha value is -2.49. The van der Waals surface area contributed by atoms with Gasteiger partial charge in [0.1, 0.15) is 12.6 Å². The van der Waals surface area contributed by atoms with Crippen LogP contribution < -0.4 is 9.62 Å². The van der Waals surface area contributed by atoms with E-state index >= 15 is 0 Å². The first-order chi connectivity index (χ1) is 18.6. The Labute approximate surface area is 255 Å². The van der Waals surface area contributed by atoms with Crippen LogP contribution in [0.2, 0.25) is 20.1 Å². The van der Waals surface area contributed by atoms with Crippen molar-refractivity contribution in [2.45, 2.75) is 50.7 Å². The highest BCUT2D eigenvalue weighted by molar-refractivity contribution is 7.92. The number of amides is 2. The molecule has 3 aromatic rings. The Morgan fingerprint density at radius 2 is 1.55 bits per heavy atom. The first-order valence-electron chi connectivity index (χ1n) is 12.2.